The van der Waals surface area contributed by atoms with E-state index in [2.05, 4.69) is 43.7 Å². The molecule has 0 saturated carbocycles. The van der Waals surface area contributed by atoms with E-state index in [0.29, 0.717) is 12.1 Å². The Kier molecular flexibility index (Phi) is 5.53. The van der Waals surface area contributed by atoms with Crippen LogP contribution in [0.2, 0.25) is 5.02 Å². The van der Waals surface area contributed by atoms with Crippen molar-refractivity contribution in [1.82, 2.24) is 4.90 Å². The molecule has 2 rings (SSSR count). The lowest BCUT2D eigenvalue weighted by Gasteiger charge is -2.44. The van der Waals surface area contributed by atoms with Crippen LogP contribution in [0.4, 0.5) is 5.69 Å². The summed E-state index contributed by atoms with van der Waals surface area (Å²) in [6, 6.07) is 7.45. The standard InChI is InChI=1S/C17H28ClN3/c1-5-15(19)9-14-7-6-8-16(18)17(14)21-10-12(2)20(4)13(3)11-21/h6-8,12-13,15H,5,9-11,19H2,1-4H3. The lowest BCUT2D eigenvalue weighted by molar-refractivity contribution is 0.170. The Bertz CT molecular complexity index is 465. The predicted molar refractivity (Wildman–Crippen MR) is 92.3 cm³/mol. The van der Waals surface area contributed by atoms with E-state index in [0.717, 1.165) is 31.0 Å². The minimum absolute atomic E-state index is 0.199. The first-order chi connectivity index (χ1) is 9.93. The zero-order chi connectivity index (χ0) is 15.6. The fourth-order valence-corrected chi connectivity index (χ4v) is 3.41. The number of nitrogens with two attached hydrogens (primary N) is 1. The van der Waals surface area contributed by atoms with Gasteiger partial charge in [-0.2, -0.15) is 0 Å². The number of anilines is 1. The van der Waals surface area contributed by atoms with Gasteiger partial charge in [0.25, 0.3) is 0 Å². The maximum Gasteiger partial charge on any atom is 0.0642 e. The molecule has 3 nitrogen and oxygen atoms in total. The molecule has 1 fully saturated rings. The number of halogens is 1. The van der Waals surface area contributed by atoms with E-state index in [1.165, 1.54) is 11.3 Å². The number of hydrogen-bond donors (Lipinski definition) is 1. The van der Waals surface area contributed by atoms with Crippen molar-refractivity contribution in [1.29, 1.82) is 0 Å². The Morgan fingerprint density at radius 2 is 1.90 bits per heavy atom. The van der Waals surface area contributed by atoms with Crippen LogP contribution in [0.1, 0.15) is 32.8 Å². The summed E-state index contributed by atoms with van der Waals surface area (Å²) < 4.78 is 0. The van der Waals surface area contributed by atoms with Crippen LogP contribution >= 0.6 is 11.6 Å². The summed E-state index contributed by atoms with van der Waals surface area (Å²) in [4.78, 5) is 4.88. The van der Waals surface area contributed by atoms with Gasteiger partial charge in [-0.05, 0) is 45.4 Å². The van der Waals surface area contributed by atoms with Crippen molar-refractivity contribution in [3.8, 4) is 0 Å². The molecule has 4 heteroatoms. The number of para-hydroxylation sites is 1. The average Bonchev–Trinajstić information content (AvgIpc) is 2.44. The minimum atomic E-state index is 0.199. The SMILES string of the molecule is CCC(N)Cc1cccc(Cl)c1N1CC(C)N(C)C(C)C1. The molecule has 3 unspecified atom stereocenters. The maximum absolute atomic E-state index is 6.53. The number of hydrogen-bond acceptors (Lipinski definition) is 3. The van der Waals surface area contributed by atoms with E-state index in [4.69, 9.17) is 17.3 Å². The first kappa shape index (κ1) is 16.6. The highest BCUT2D eigenvalue weighted by atomic mass is 35.5. The second kappa shape index (κ2) is 6.99. The zero-order valence-electron chi connectivity index (χ0n) is 13.6. The van der Waals surface area contributed by atoms with Crippen LogP contribution in [0.5, 0.6) is 0 Å². The topological polar surface area (TPSA) is 32.5 Å². The van der Waals surface area contributed by atoms with Crippen LogP contribution in [0.3, 0.4) is 0 Å². The summed E-state index contributed by atoms with van der Waals surface area (Å²) in [5.74, 6) is 0. The fraction of sp³-hybridized carbons (Fsp3) is 0.647. The molecule has 21 heavy (non-hydrogen) atoms. The molecular formula is C17H28ClN3. The molecule has 1 aromatic carbocycles. The molecule has 1 aromatic rings. The van der Waals surface area contributed by atoms with Crippen LogP contribution in [0, 0.1) is 0 Å². The Morgan fingerprint density at radius 3 is 2.48 bits per heavy atom. The number of benzene rings is 1. The number of piperazine rings is 1. The van der Waals surface area contributed by atoms with Gasteiger partial charge in [-0.3, -0.25) is 4.90 Å². The second-order valence-electron chi connectivity index (χ2n) is 6.39. The first-order valence-corrected chi connectivity index (χ1v) is 8.31. The Balaban J connectivity index is 2.30. The van der Waals surface area contributed by atoms with E-state index in [1.54, 1.807) is 0 Å². The van der Waals surface area contributed by atoms with Gasteiger partial charge in [-0.25, -0.2) is 0 Å². The van der Waals surface area contributed by atoms with E-state index >= 15 is 0 Å². The third kappa shape index (κ3) is 3.71. The van der Waals surface area contributed by atoms with Gasteiger partial charge in [-0.15, -0.1) is 0 Å². The van der Waals surface area contributed by atoms with E-state index in [9.17, 15) is 0 Å². The average molecular weight is 310 g/mol. The molecule has 0 aromatic heterocycles. The normalized spacial score (nSPS) is 25.1. The van der Waals surface area contributed by atoms with Gasteiger partial charge in [0.2, 0.25) is 0 Å². The smallest absolute Gasteiger partial charge is 0.0642 e. The van der Waals surface area contributed by atoms with E-state index in [-0.39, 0.29) is 6.04 Å². The molecule has 1 saturated heterocycles. The van der Waals surface area contributed by atoms with Gasteiger partial charge in [0.1, 0.15) is 0 Å². The monoisotopic (exact) mass is 309 g/mol. The summed E-state index contributed by atoms with van der Waals surface area (Å²) >= 11 is 6.53. The molecule has 2 N–H and O–H groups in total. The van der Waals surface area contributed by atoms with Crippen LogP contribution < -0.4 is 10.6 Å². The Hall–Kier alpha value is -0.770. The van der Waals surface area contributed by atoms with Gasteiger partial charge in [0, 0.05) is 31.2 Å². The van der Waals surface area contributed by atoms with Crippen molar-refractivity contribution < 1.29 is 0 Å². The molecule has 0 aliphatic carbocycles. The van der Waals surface area contributed by atoms with Crippen LogP contribution in [0.15, 0.2) is 18.2 Å². The van der Waals surface area contributed by atoms with Crippen LogP contribution in [-0.2, 0) is 6.42 Å². The van der Waals surface area contributed by atoms with Crippen molar-refractivity contribution in [2.24, 2.45) is 5.73 Å². The Labute approximate surface area is 134 Å². The molecule has 0 spiro atoms. The molecule has 0 bridgehead atoms. The molecule has 0 radical (unpaired) electrons. The molecule has 1 aliphatic rings. The van der Waals surface area contributed by atoms with Crippen molar-refractivity contribution in [2.75, 3.05) is 25.0 Å². The van der Waals surface area contributed by atoms with Crippen molar-refractivity contribution in [2.45, 2.75) is 51.7 Å². The molecule has 1 aliphatic heterocycles. The lowest BCUT2D eigenvalue weighted by Crippen LogP contribution is -2.55. The third-order valence-electron chi connectivity index (χ3n) is 4.75. The van der Waals surface area contributed by atoms with Crippen molar-refractivity contribution >= 4 is 17.3 Å². The molecular weight excluding hydrogens is 282 g/mol. The summed E-state index contributed by atoms with van der Waals surface area (Å²) in [6.07, 6.45) is 1.88. The molecule has 1 heterocycles. The van der Waals surface area contributed by atoms with Gasteiger partial charge < -0.3 is 10.6 Å². The highest BCUT2D eigenvalue weighted by Gasteiger charge is 2.28. The van der Waals surface area contributed by atoms with Crippen molar-refractivity contribution in [3.05, 3.63) is 28.8 Å². The summed E-state index contributed by atoms with van der Waals surface area (Å²) in [6.45, 7) is 8.71. The lowest BCUT2D eigenvalue weighted by atomic mass is 10.00. The van der Waals surface area contributed by atoms with Crippen LogP contribution in [-0.4, -0.2) is 43.2 Å². The first-order valence-electron chi connectivity index (χ1n) is 7.93. The predicted octanol–water partition coefficient (Wildman–Crippen LogP) is 3.15. The van der Waals surface area contributed by atoms with Gasteiger partial charge in [-0.1, -0.05) is 30.7 Å². The highest BCUT2D eigenvalue weighted by molar-refractivity contribution is 6.33. The minimum Gasteiger partial charge on any atom is -0.367 e. The second-order valence-corrected chi connectivity index (χ2v) is 6.80. The van der Waals surface area contributed by atoms with Gasteiger partial charge in [0.15, 0.2) is 0 Å². The van der Waals surface area contributed by atoms with E-state index < -0.39 is 0 Å². The van der Waals surface area contributed by atoms with Crippen LogP contribution in [0.25, 0.3) is 0 Å². The maximum atomic E-state index is 6.53. The van der Waals surface area contributed by atoms with Crippen molar-refractivity contribution in [3.63, 3.8) is 0 Å². The van der Waals surface area contributed by atoms with Gasteiger partial charge in [0.05, 0.1) is 10.7 Å². The molecule has 3 atom stereocenters. The summed E-state index contributed by atoms with van der Waals surface area (Å²) in [5.41, 5.74) is 8.63. The fourth-order valence-electron chi connectivity index (χ4n) is 3.09. The highest BCUT2D eigenvalue weighted by Crippen LogP contribution is 2.33. The van der Waals surface area contributed by atoms with E-state index in [1.807, 2.05) is 12.1 Å². The molecule has 0 amide bonds. The number of nitrogens with zero attached hydrogens (tertiary/aromatic N) is 2. The largest absolute Gasteiger partial charge is 0.367 e. The Morgan fingerprint density at radius 1 is 1.29 bits per heavy atom. The quantitative estimate of drug-likeness (QED) is 0.927. The number of likely N-dealkylation sites (N-methyl/N-ethyl adjacent to an activating group) is 1. The van der Waals surface area contributed by atoms with Gasteiger partial charge >= 0.3 is 0 Å². The molecule has 118 valence electrons. The third-order valence-corrected chi connectivity index (χ3v) is 5.06. The number of rotatable bonds is 4. The zero-order valence-corrected chi connectivity index (χ0v) is 14.4. The summed E-state index contributed by atoms with van der Waals surface area (Å²) in [7, 11) is 2.20. The summed E-state index contributed by atoms with van der Waals surface area (Å²) in [5, 5.41) is 0.847.